The predicted molar refractivity (Wildman–Crippen MR) is 103 cm³/mol. The van der Waals surface area contributed by atoms with Gasteiger partial charge in [-0.3, -0.25) is 0 Å². The molecule has 0 atom stereocenters. The third-order valence-electron chi connectivity index (χ3n) is 5.18. The molecule has 0 N–H and O–H groups in total. The van der Waals surface area contributed by atoms with E-state index in [1.165, 1.54) is 22.5 Å². The van der Waals surface area contributed by atoms with E-state index in [-0.39, 0.29) is 29.7 Å². The average molecular weight is 423 g/mol. The first-order valence-electron chi connectivity index (χ1n) is 9.38. The van der Waals surface area contributed by atoms with Gasteiger partial charge in [0.2, 0.25) is 10.0 Å². The maximum absolute atomic E-state index is 14.1. The number of ether oxygens (including phenoxy) is 1. The Hall–Kier alpha value is -2.32. The normalized spacial score (nSPS) is 16.7. The van der Waals surface area contributed by atoms with Crippen LogP contribution >= 0.6 is 0 Å². The lowest BCUT2D eigenvalue weighted by molar-refractivity contribution is -0.0498. The molecule has 0 aromatic heterocycles. The van der Waals surface area contributed by atoms with Gasteiger partial charge >= 0.3 is 6.61 Å². The van der Waals surface area contributed by atoms with Crippen LogP contribution in [0.5, 0.6) is 5.75 Å². The second kappa shape index (κ2) is 7.84. The molecule has 0 bridgehead atoms. The van der Waals surface area contributed by atoms with Crippen molar-refractivity contribution in [2.24, 2.45) is 0 Å². The number of halogens is 3. The Kier molecular flexibility index (Phi) is 5.40. The molecule has 0 saturated heterocycles. The van der Waals surface area contributed by atoms with Crippen LogP contribution in [0.4, 0.5) is 13.2 Å². The van der Waals surface area contributed by atoms with Crippen molar-refractivity contribution in [3.63, 3.8) is 0 Å². The summed E-state index contributed by atoms with van der Waals surface area (Å²) in [4.78, 5) is 0.260. The molecule has 2 aromatic rings. The number of hydrogen-bond donors (Lipinski definition) is 0. The number of allylic oxidation sites excluding steroid dienone is 1. The minimum atomic E-state index is -3.77. The van der Waals surface area contributed by atoms with Crippen LogP contribution in [0.2, 0.25) is 0 Å². The molecule has 2 aliphatic carbocycles. The van der Waals surface area contributed by atoms with E-state index in [1.807, 2.05) is 0 Å². The van der Waals surface area contributed by atoms with Gasteiger partial charge in [0.05, 0.1) is 4.91 Å². The molecule has 0 aliphatic heterocycles. The molecule has 8 heteroatoms. The second-order valence-corrected chi connectivity index (χ2v) is 9.17. The topological polar surface area (TPSA) is 46.6 Å². The van der Waals surface area contributed by atoms with Gasteiger partial charge in [0.15, 0.2) is 0 Å². The van der Waals surface area contributed by atoms with Gasteiger partial charge in [0, 0.05) is 18.2 Å². The third-order valence-corrected chi connectivity index (χ3v) is 7.20. The summed E-state index contributed by atoms with van der Waals surface area (Å²) >= 11 is 0. The van der Waals surface area contributed by atoms with Gasteiger partial charge in [-0.1, -0.05) is 24.3 Å². The van der Waals surface area contributed by atoms with E-state index in [0.29, 0.717) is 17.5 Å². The van der Waals surface area contributed by atoms with Crippen molar-refractivity contribution in [1.29, 1.82) is 0 Å². The van der Waals surface area contributed by atoms with Crippen molar-refractivity contribution in [1.82, 2.24) is 4.31 Å². The van der Waals surface area contributed by atoms with E-state index in [1.54, 1.807) is 30.3 Å². The molecular formula is C21H20F3NO3S. The smallest absolute Gasteiger partial charge is 0.387 e. The lowest BCUT2D eigenvalue weighted by atomic mass is 9.97. The van der Waals surface area contributed by atoms with E-state index >= 15 is 0 Å². The van der Waals surface area contributed by atoms with Crippen molar-refractivity contribution in [3.05, 3.63) is 69.9 Å². The molecule has 2 aliphatic rings. The number of alkyl halides is 2. The Balaban J connectivity index is 1.62. The highest BCUT2D eigenvalue weighted by Crippen LogP contribution is 2.37. The van der Waals surface area contributed by atoms with Gasteiger partial charge in [-0.15, -0.1) is 0 Å². The summed E-state index contributed by atoms with van der Waals surface area (Å²) in [5.74, 6) is -0.375. The summed E-state index contributed by atoms with van der Waals surface area (Å²) in [5, 5.41) is 0. The zero-order chi connectivity index (χ0) is 20.6. The lowest BCUT2D eigenvalue weighted by Crippen LogP contribution is -2.34. The molecule has 1 fully saturated rings. The Morgan fingerprint density at radius 3 is 2.55 bits per heavy atom. The maximum Gasteiger partial charge on any atom is 0.387 e. The molecule has 2 aromatic carbocycles. The van der Waals surface area contributed by atoms with E-state index in [0.717, 1.165) is 18.4 Å². The summed E-state index contributed by atoms with van der Waals surface area (Å²) < 4.78 is 71.3. The van der Waals surface area contributed by atoms with Crippen molar-refractivity contribution in [3.8, 4) is 5.75 Å². The Bertz CT molecular complexity index is 1050. The molecule has 0 heterocycles. The van der Waals surface area contributed by atoms with Gasteiger partial charge in [-0.25, -0.2) is 12.8 Å². The van der Waals surface area contributed by atoms with Crippen molar-refractivity contribution >= 4 is 16.1 Å². The van der Waals surface area contributed by atoms with Crippen LogP contribution < -0.4 is 4.74 Å². The maximum atomic E-state index is 14.1. The summed E-state index contributed by atoms with van der Waals surface area (Å²) in [6.07, 6.45) is 3.75. The third kappa shape index (κ3) is 4.33. The van der Waals surface area contributed by atoms with Gasteiger partial charge in [-0.2, -0.15) is 13.1 Å². The van der Waals surface area contributed by atoms with Gasteiger partial charge in [-0.05, 0) is 61.1 Å². The first kappa shape index (κ1) is 20.0. The highest BCUT2D eigenvalue weighted by Gasteiger charge is 2.39. The van der Waals surface area contributed by atoms with Crippen LogP contribution in [-0.4, -0.2) is 25.4 Å². The molecule has 154 valence electrons. The van der Waals surface area contributed by atoms with E-state index in [4.69, 9.17) is 0 Å². The fraction of sp³-hybridized carbons (Fsp3) is 0.333. The minimum Gasteiger partial charge on any atom is -0.435 e. The van der Waals surface area contributed by atoms with Crippen LogP contribution in [0, 0.1) is 5.82 Å². The molecular weight excluding hydrogens is 403 g/mol. The lowest BCUT2D eigenvalue weighted by Gasteiger charge is -2.26. The minimum absolute atomic E-state index is 0.00889. The number of fused-ring (bicyclic) bond motifs is 1. The highest BCUT2D eigenvalue weighted by atomic mass is 32.2. The number of sulfonamides is 1. The fourth-order valence-corrected chi connectivity index (χ4v) is 5.39. The van der Waals surface area contributed by atoms with Crippen LogP contribution in [-0.2, 0) is 23.0 Å². The predicted octanol–water partition coefficient (Wildman–Crippen LogP) is 4.71. The molecule has 4 rings (SSSR count). The van der Waals surface area contributed by atoms with E-state index in [9.17, 15) is 21.6 Å². The van der Waals surface area contributed by atoms with Crippen LogP contribution in [0.1, 0.15) is 36.0 Å². The van der Waals surface area contributed by atoms with E-state index < -0.39 is 22.5 Å². The standard InChI is InChI=1S/C21H20F3NO3S/c22-20-4-2-1-3-16(20)13-25(17-7-8-17)29(26,27)19-10-6-14-11-18(28-21(23)24)9-5-15(14)12-19/h1-5,9,11-12,17,21H,6-8,10,13H2. The highest BCUT2D eigenvalue weighted by molar-refractivity contribution is 7.93. The molecule has 0 spiro atoms. The van der Waals surface area contributed by atoms with Crippen LogP contribution in [0.3, 0.4) is 0 Å². The van der Waals surface area contributed by atoms with Crippen molar-refractivity contribution in [2.75, 3.05) is 0 Å². The van der Waals surface area contributed by atoms with Gasteiger partial charge in [0.1, 0.15) is 11.6 Å². The number of rotatable bonds is 7. The van der Waals surface area contributed by atoms with Gasteiger partial charge < -0.3 is 4.74 Å². The summed E-state index contributed by atoms with van der Waals surface area (Å²) in [6.45, 7) is -2.92. The molecule has 0 radical (unpaired) electrons. The zero-order valence-electron chi connectivity index (χ0n) is 15.5. The second-order valence-electron chi connectivity index (χ2n) is 7.22. The summed E-state index contributed by atoms with van der Waals surface area (Å²) in [5.41, 5.74) is 1.76. The number of aryl methyl sites for hydroxylation is 1. The molecule has 0 amide bonds. The quantitative estimate of drug-likeness (QED) is 0.648. The first-order chi connectivity index (χ1) is 13.8. The van der Waals surface area contributed by atoms with Crippen LogP contribution in [0.15, 0.2) is 47.4 Å². The Labute approximate surface area is 167 Å². The molecule has 29 heavy (non-hydrogen) atoms. The van der Waals surface area contributed by atoms with Crippen molar-refractivity contribution in [2.45, 2.75) is 44.9 Å². The largest absolute Gasteiger partial charge is 0.435 e. The summed E-state index contributed by atoms with van der Waals surface area (Å²) in [7, 11) is -3.77. The van der Waals surface area contributed by atoms with Gasteiger partial charge in [0.25, 0.3) is 0 Å². The van der Waals surface area contributed by atoms with Crippen molar-refractivity contribution < 1.29 is 26.3 Å². The van der Waals surface area contributed by atoms with Crippen LogP contribution in [0.25, 0.3) is 6.08 Å². The summed E-state index contributed by atoms with van der Waals surface area (Å²) in [6, 6.07) is 10.5. The Morgan fingerprint density at radius 2 is 1.86 bits per heavy atom. The monoisotopic (exact) mass is 423 g/mol. The number of nitrogens with zero attached hydrogens (tertiary/aromatic N) is 1. The SMILES string of the molecule is O=S(=O)(C1=Cc2ccc(OC(F)F)cc2CC1)N(Cc1ccccc1F)C1CC1. The molecule has 1 saturated carbocycles. The van der Waals surface area contributed by atoms with E-state index in [2.05, 4.69) is 4.74 Å². The number of benzene rings is 2. The number of hydrogen-bond acceptors (Lipinski definition) is 3. The molecule has 0 unspecified atom stereocenters. The average Bonchev–Trinajstić information content (AvgIpc) is 3.51. The Morgan fingerprint density at radius 1 is 1.10 bits per heavy atom. The fourth-order valence-electron chi connectivity index (χ4n) is 3.54. The first-order valence-corrected chi connectivity index (χ1v) is 10.8. The molecule has 4 nitrogen and oxygen atoms in total. The zero-order valence-corrected chi connectivity index (χ0v) is 16.3.